The molecule has 72 valence electrons. The van der Waals surface area contributed by atoms with Crippen LogP contribution in [0.25, 0.3) is 0 Å². The molecular formula is C8H6BrF3O. The molecule has 5 heteroatoms. The summed E-state index contributed by atoms with van der Waals surface area (Å²) in [7, 11) is 0. The highest BCUT2D eigenvalue weighted by Crippen LogP contribution is 2.33. The number of halogens is 4. The Kier molecular flexibility index (Phi) is 2.98. The predicted octanol–water partition coefficient (Wildman–Crippen LogP) is 2.96. The summed E-state index contributed by atoms with van der Waals surface area (Å²) in [6, 6.07) is 3.65. The Morgan fingerprint density at radius 1 is 1.31 bits per heavy atom. The average Bonchev–Trinajstić information content (AvgIpc) is 2.03. The highest BCUT2D eigenvalue weighted by molar-refractivity contribution is 9.10. The lowest BCUT2D eigenvalue weighted by Gasteiger charge is -2.11. The largest absolute Gasteiger partial charge is 0.416 e. The van der Waals surface area contributed by atoms with Gasteiger partial charge in [0.2, 0.25) is 0 Å². The van der Waals surface area contributed by atoms with Crippen LogP contribution in [-0.2, 0) is 12.8 Å². The summed E-state index contributed by atoms with van der Waals surface area (Å²) in [4.78, 5) is 0. The molecule has 0 saturated carbocycles. The van der Waals surface area contributed by atoms with Crippen molar-refractivity contribution in [3.8, 4) is 0 Å². The Bertz CT molecular complexity index is 309. The zero-order chi connectivity index (χ0) is 10.1. The standard InChI is InChI=1S/C8H6BrF3O/c9-6-2-1-5(4-13)7(3-6)8(10,11)12/h1-3,13H,4H2. The number of alkyl halides is 3. The lowest BCUT2D eigenvalue weighted by atomic mass is 10.1. The minimum absolute atomic E-state index is 0.115. The summed E-state index contributed by atoms with van der Waals surface area (Å²) in [5.41, 5.74) is -0.917. The molecule has 1 aromatic carbocycles. The molecule has 0 bridgehead atoms. The van der Waals surface area contributed by atoms with E-state index in [0.717, 1.165) is 6.07 Å². The zero-order valence-corrected chi connectivity index (χ0v) is 7.98. The lowest BCUT2D eigenvalue weighted by Crippen LogP contribution is -2.09. The fraction of sp³-hybridized carbons (Fsp3) is 0.250. The van der Waals surface area contributed by atoms with Crippen LogP contribution in [0.5, 0.6) is 0 Å². The molecule has 0 aliphatic rings. The third-order valence-corrected chi connectivity index (χ3v) is 2.04. The molecule has 1 aromatic rings. The molecule has 13 heavy (non-hydrogen) atoms. The quantitative estimate of drug-likeness (QED) is 0.817. The summed E-state index contributed by atoms with van der Waals surface area (Å²) in [5.74, 6) is 0. The molecule has 0 aromatic heterocycles. The number of hydrogen-bond acceptors (Lipinski definition) is 1. The van der Waals surface area contributed by atoms with Gasteiger partial charge >= 0.3 is 6.18 Å². The molecule has 1 nitrogen and oxygen atoms in total. The Hall–Kier alpha value is -0.550. The van der Waals surface area contributed by atoms with E-state index < -0.39 is 18.3 Å². The van der Waals surface area contributed by atoms with Crippen LogP contribution in [-0.4, -0.2) is 5.11 Å². The van der Waals surface area contributed by atoms with Crippen LogP contribution < -0.4 is 0 Å². The van der Waals surface area contributed by atoms with Crippen LogP contribution in [0, 0.1) is 0 Å². The summed E-state index contributed by atoms with van der Waals surface area (Å²) >= 11 is 2.94. The predicted molar refractivity (Wildman–Crippen MR) is 45.1 cm³/mol. The molecule has 0 spiro atoms. The Labute approximate surface area is 81.3 Å². The number of aliphatic hydroxyl groups is 1. The topological polar surface area (TPSA) is 20.2 Å². The van der Waals surface area contributed by atoms with Gasteiger partial charge in [-0.3, -0.25) is 0 Å². The fourth-order valence-electron chi connectivity index (χ4n) is 0.950. The Balaban J connectivity index is 3.24. The van der Waals surface area contributed by atoms with E-state index in [1.54, 1.807) is 0 Å². The van der Waals surface area contributed by atoms with Crippen LogP contribution in [0.2, 0.25) is 0 Å². The second kappa shape index (κ2) is 3.67. The van der Waals surface area contributed by atoms with Crippen molar-refractivity contribution in [1.29, 1.82) is 0 Å². The monoisotopic (exact) mass is 254 g/mol. The average molecular weight is 255 g/mol. The molecular weight excluding hydrogens is 249 g/mol. The second-order valence-electron chi connectivity index (χ2n) is 2.46. The van der Waals surface area contributed by atoms with Crippen LogP contribution in [0.1, 0.15) is 11.1 Å². The van der Waals surface area contributed by atoms with Gasteiger partial charge in [-0.2, -0.15) is 13.2 Å². The van der Waals surface area contributed by atoms with Crippen molar-refractivity contribution < 1.29 is 18.3 Å². The molecule has 1 N–H and O–H groups in total. The van der Waals surface area contributed by atoms with Gasteiger partial charge < -0.3 is 5.11 Å². The van der Waals surface area contributed by atoms with Gasteiger partial charge in [-0.15, -0.1) is 0 Å². The van der Waals surface area contributed by atoms with Crippen LogP contribution in [0.15, 0.2) is 22.7 Å². The second-order valence-corrected chi connectivity index (χ2v) is 3.37. The van der Waals surface area contributed by atoms with Gasteiger partial charge in [0.05, 0.1) is 12.2 Å². The summed E-state index contributed by atoms with van der Waals surface area (Å²) < 4.78 is 37.2. The van der Waals surface area contributed by atoms with Crippen molar-refractivity contribution in [1.82, 2.24) is 0 Å². The van der Waals surface area contributed by atoms with Crippen LogP contribution >= 0.6 is 15.9 Å². The number of benzene rings is 1. The van der Waals surface area contributed by atoms with Gasteiger partial charge in [-0.05, 0) is 17.7 Å². The van der Waals surface area contributed by atoms with Gasteiger partial charge in [0.15, 0.2) is 0 Å². The van der Waals surface area contributed by atoms with Gasteiger partial charge in [-0.25, -0.2) is 0 Å². The molecule has 0 heterocycles. The van der Waals surface area contributed by atoms with Crippen LogP contribution in [0.3, 0.4) is 0 Å². The Morgan fingerprint density at radius 3 is 2.38 bits per heavy atom. The zero-order valence-electron chi connectivity index (χ0n) is 6.40. The molecule has 0 aliphatic carbocycles. The molecule has 0 radical (unpaired) electrons. The first kappa shape index (κ1) is 10.5. The molecule has 0 amide bonds. The summed E-state index contributed by atoms with van der Waals surface area (Å²) in [5, 5.41) is 8.66. The summed E-state index contributed by atoms with van der Waals surface area (Å²) in [6.45, 7) is -0.609. The van der Waals surface area contributed by atoms with Crippen LogP contribution in [0.4, 0.5) is 13.2 Å². The van der Waals surface area contributed by atoms with Crippen molar-refractivity contribution in [3.63, 3.8) is 0 Å². The number of hydrogen-bond donors (Lipinski definition) is 1. The van der Waals surface area contributed by atoms with Crippen molar-refractivity contribution in [2.75, 3.05) is 0 Å². The highest BCUT2D eigenvalue weighted by atomic mass is 79.9. The molecule has 0 unspecified atom stereocenters. The van der Waals surface area contributed by atoms with E-state index in [1.807, 2.05) is 0 Å². The van der Waals surface area contributed by atoms with E-state index in [1.165, 1.54) is 12.1 Å². The Morgan fingerprint density at radius 2 is 1.92 bits per heavy atom. The molecule has 0 saturated heterocycles. The van der Waals surface area contributed by atoms with Gasteiger partial charge in [0.1, 0.15) is 0 Å². The third kappa shape index (κ3) is 2.45. The molecule has 1 rings (SSSR count). The van der Waals surface area contributed by atoms with Crippen molar-refractivity contribution in [2.45, 2.75) is 12.8 Å². The minimum atomic E-state index is -4.41. The third-order valence-electron chi connectivity index (χ3n) is 1.55. The summed E-state index contributed by atoms with van der Waals surface area (Å²) in [6.07, 6.45) is -4.41. The smallest absolute Gasteiger partial charge is 0.392 e. The maximum absolute atomic E-state index is 12.3. The first-order valence-electron chi connectivity index (χ1n) is 3.41. The van der Waals surface area contributed by atoms with Gasteiger partial charge in [-0.1, -0.05) is 22.0 Å². The van der Waals surface area contributed by atoms with Gasteiger partial charge in [0.25, 0.3) is 0 Å². The SMILES string of the molecule is OCc1ccc(Br)cc1C(F)(F)F. The maximum Gasteiger partial charge on any atom is 0.416 e. The van der Waals surface area contributed by atoms with E-state index in [-0.39, 0.29) is 5.56 Å². The first-order valence-corrected chi connectivity index (χ1v) is 4.21. The van der Waals surface area contributed by atoms with Crippen molar-refractivity contribution in [3.05, 3.63) is 33.8 Å². The number of rotatable bonds is 1. The maximum atomic E-state index is 12.3. The van der Waals surface area contributed by atoms with Gasteiger partial charge in [0, 0.05) is 4.47 Å². The molecule has 0 aliphatic heterocycles. The van der Waals surface area contributed by atoms with Crippen molar-refractivity contribution in [2.24, 2.45) is 0 Å². The highest BCUT2D eigenvalue weighted by Gasteiger charge is 2.33. The molecule has 0 atom stereocenters. The van der Waals surface area contributed by atoms with E-state index in [9.17, 15) is 13.2 Å². The van der Waals surface area contributed by atoms with Crippen molar-refractivity contribution >= 4 is 15.9 Å². The van der Waals surface area contributed by atoms with E-state index in [4.69, 9.17) is 5.11 Å². The van der Waals surface area contributed by atoms with E-state index >= 15 is 0 Å². The normalized spacial score (nSPS) is 11.8. The fourth-order valence-corrected chi connectivity index (χ4v) is 1.31. The minimum Gasteiger partial charge on any atom is -0.392 e. The van der Waals surface area contributed by atoms with E-state index in [0.29, 0.717) is 4.47 Å². The lowest BCUT2D eigenvalue weighted by molar-refractivity contribution is -0.138. The molecule has 0 fully saturated rings. The first-order chi connectivity index (χ1) is 5.95. The number of aliphatic hydroxyl groups excluding tert-OH is 1. The van der Waals surface area contributed by atoms with E-state index in [2.05, 4.69) is 15.9 Å².